The monoisotopic (exact) mass is 298 g/mol. The van der Waals surface area contributed by atoms with Crippen LogP contribution in [0.1, 0.15) is 34.6 Å². The smallest absolute Gasteiger partial charge is 0.233 e. The predicted octanol–water partition coefficient (Wildman–Crippen LogP) is 3.55. The van der Waals surface area contributed by atoms with Crippen LogP contribution < -0.4 is 9.47 Å². The Kier molecular flexibility index (Phi) is 5.31. The first kappa shape index (κ1) is 15.8. The second kappa shape index (κ2) is 7.41. The van der Waals surface area contributed by atoms with Crippen molar-refractivity contribution in [1.82, 2.24) is 0 Å². The molecule has 4 nitrogen and oxygen atoms in total. The molecule has 4 heteroatoms. The molecule has 0 saturated heterocycles. The molecule has 0 bridgehead atoms. The van der Waals surface area contributed by atoms with E-state index >= 15 is 0 Å². The molecule has 2 rings (SSSR count). The Labute approximate surface area is 129 Å². The average Bonchev–Trinajstić information content (AvgIpc) is 2.55. The van der Waals surface area contributed by atoms with Crippen LogP contribution in [0.25, 0.3) is 0 Å². The van der Waals surface area contributed by atoms with Gasteiger partial charge in [0.1, 0.15) is 11.5 Å². The van der Waals surface area contributed by atoms with Gasteiger partial charge in [-0.2, -0.15) is 0 Å². The predicted molar refractivity (Wildman–Crippen MR) is 83.9 cm³/mol. The van der Waals surface area contributed by atoms with E-state index in [-0.39, 0.29) is 0 Å². The lowest BCUT2D eigenvalue weighted by atomic mass is 10.0. The van der Waals surface area contributed by atoms with Crippen LogP contribution in [0.2, 0.25) is 0 Å². The zero-order valence-electron chi connectivity index (χ0n) is 12.7. The highest BCUT2D eigenvalue weighted by molar-refractivity contribution is 6.49. The molecule has 0 fully saturated rings. The van der Waals surface area contributed by atoms with Crippen molar-refractivity contribution in [2.24, 2.45) is 0 Å². The number of rotatable bonds is 7. The van der Waals surface area contributed by atoms with E-state index in [9.17, 15) is 9.59 Å². The molecule has 0 saturated carbocycles. The largest absolute Gasteiger partial charge is 0.494 e. The van der Waals surface area contributed by atoms with E-state index in [1.165, 1.54) is 0 Å². The molecule has 0 aliphatic rings. The Bertz CT molecular complexity index is 617. The molecular formula is C18H18O4. The van der Waals surface area contributed by atoms with E-state index in [1.807, 2.05) is 13.8 Å². The Morgan fingerprint density at radius 3 is 1.55 bits per heavy atom. The SMILES string of the molecule is CCOc1cccc(C(=O)C(=O)c2cccc(OCC)c2)c1. The molecule has 0 heterocycles. The van der Waals surface area contributed by atoms with Gasteiger partial charge in [-0.25, -0.2) is 0 Å². The number of carbonyl (C=O) groups is 2. The van der Waals surface area contributed by atoms with E-state index in [2.05, 4.69) is 0 Å². The molecule has 0 spiro atoms. The fourth-order valence-corrected chi connectivity index (χ4v) is 2.05. The highest BCUT2D eigenvalue weighted by Gasteiger charge is 2.19. The van der Waals surface area contributed by atoms with Crippen LogP contribution in [-0.4, -0.2) is 24.8 Å². The summed E-state index contributed by atoms with van der Waals surface area (Å²) in [6, 6.07) is 13.3. The van der Waals surface area contributed by atoms with Crippen molar-refractivity contribution in [2.45, 2.75) is 13.8 Å². The Morgan fingerprint density at radius 2 is 1.18 bits per heavy atom. The molecule has 0 aromatic heterocycles. The number of ether oxygens (including phenoxy) is 2. The van der Waals surface area contributed by atoms with Gasteiger partial charge in [-0.1, -0.05) is 24.3 Å². The van der Waals surface area contributed by atoms with Crippen LogP contribution in [0, 0.1) is 0 Å². The topological polar surface area (TPSA) is 52.6 Å². The molecule has 2 aromatic rings. The lowest BCUT2D eigenvalue weighted by Gasteiger charge is -2.07. The van der Waals surface area contributed by atoms with Crippen LogP contribution in [0.15, 0.2) is 48.5 Å². The van der Waals surface area contributed by atoms with Crippen molar-refractivity contribution >= 4 is 11.6 Å². The first-order chi connectivity index (χ1) is 10.7. The zero-order chi connectivity index (χ0) is 15.9. The van der Waals surface area contributed by atoms with Gasteiger partial charge in [0, 0.05) is 11.1 Å². The Morgan fingerprint density at radius 1 is 0.773 bits per heavy atom. The lowest BCUT2D eigenvalue weighted by Crippen LogP contribution is -2.14. The van der Waals surface area contributed by atoms with Crippen LogP contribution in [0.4, 0.5) is 0 Å². The summed E-state index contributed by atoms with van der Waals surface area (Å²) in [5.74, 6) is 0.0267. The number of carbonyl (C=O) groups excluding carboxylic acids is 2. The molecule has 114 valence electrons. The summed E-state index contributed by atoms with van der Waals surface area (Å²) >= 11 is 0. The second-order valence-corrected chi connectivity index (χ2v) is 4.58. The maximum Gasteiger partial charge on any atom is 0.233 e. The van der Waals surface area contributed by atoms with E-state index < -0.39 is 11.6 Å². The number of hydrogen-bond acceptors (Lipinski definition) is 4. The highest BCUT2D eigenvalue weighted by Crippen LogP contribution is 2.18. The Hall–Kier alpha value is -2.62. The summed E-state index contributed by atoms with van der Waals surface area (Å²) < 4.78 is 10.7. The van der Waals surface area contributed by atoms with Crippen molar-refractivity contribution in [3.05, 3.63) is 59.7 Å². The minimum Gasteiger partial charge on any atom is -0.494 e. The summed E-state index contributed by atoms with van der Waals surface area (Å²) in [6.45, 7) is 4.72. The average molecular weight is 298 g/mol. The van der Waals surface area contributed by atoms with Crippen molar-refractivity contribution < 1.29 is 19.1 Å². The van der Waals surface area contributed by atoms with Gasteiger partial charge in [-0.3, -0.25) is 9.59 Å². The molecule has 0 N–H and O–H groups in total. The van der Waals surface area contributed by atoms with Crippen molar-refractivity contribution in [1.29, 1.82) is 0 Å². The molecule has 0 atom stereocenters. The third-order valence-electron chi connectivity index (χ3n) is 3.02. The summed E-state index contributed by atoms with van der Waals surface area (Å²) in [6.07, 6.45) is 0. The van der Waals surface area contributed by atoms with E-state index in [0.717, 1.165) is 0 Å². The summed E-state index contributed by atoms with van der Waals surface area (Å²) in [7, 11) is 0. The number of benzene rings is 2. The first-order valence-corrected chi connectivity index (χ1v) is 7.20. The molecule has 0 unspecified atom stereocenters. The molecule has 2 aromatic carbocycles. The Balaban J connectivity index is 2.23. The molecular weight excluding hydrogens is 280 g/mol. The zero-order valence-corrected chi connectivity index (χ0v) is 12.7. The normalized spacial score (nSPS) is 10.1. The fourth-order valence-electron chi connectivity index (χ4n) is 2.05. The minimum atomic E-state index is -0.560. The van der Waals surface area contributed by atoms with Crippen molar-refractivity contribution in [3.63, 3.8) is 0 Å². The molecule has 0 aliphatic heterocycles. The van der Waals surface area contributed by atoms with Gasteiger partial charge >= 0.3 is 0 Å². The van der Waals surface area contributed by atoms with E-state index in [1.54, 1.807) is 48.5 Å². The van der Waals surface area contributed by atoms with Gasteiger partial charge in [0.15, 0.2) is 0 Å². The van der Waals surface area contributed by atoms with Gasteiger partial charge in [-0.15, -0.1) is 0 Å². The maximum atomic E-state index is 12.3. The molecule has 0 aliphatic carbocycles. The third kappa shape index (κ3) is 3.73. The van der Waals surface area contributed by atoms with Gasteiger partial charge in [0.05, 0.1) is 13.2 Å². The van der Waals surface area contributed by atoms with Crippen molar-refractivity contribution in [2.75, 3.05) is 13.2 Å². The number of hydrogen-bond donors (Lipinski definition) is 0. The van der Waals surface area contributed by atoms with Crippen LogP contribution in [0.5, 0.6) is 11.5 Å². The van der Waals surface area contributed by atoms with Crippen LogP contribution in [0.3, 0.4) is 0 Å². The maximum absolute atomic E-state index is 12.3. The summed E-state index contributed by atoms with van der Waals surface area (Å²) in [5, 5.41) is 0. The standard InChI is InChI=1S/C18H18O4/c1-3-21-15-9-5-7-13(11-15)17(19)18(20)14-8-6-10-16(12-14)22-4-2/h5-12H,3-4H2,1-2H3. The number of Topliss-reactive ketones (excluding diaryl/α,β-unsaturated/α-hetero) is 2. The first-order valence-electron chi connectivity index (χ1n) is 7.20. The minimum absolute atomic E-state index is 0.317. The van der Waals surface area contributed by atoms with E-state index in [4.69, 9.17) is 9.47 Å². The number of ketones is 2. The molecule has 0 amide bonds. The van der Waals surface area contributed by atoms with Crippen LogP contribution in [-0.2, 0) is 0 Å². The fraction of sp³-hybridized carbons (Fsp3) is 0.222. The quantitative estimate of drug-likeness (QED) is 0.579. The second-order valence-electron chi connectivity index (χ2n) is 4.58. The third-order valence-corrected chi connectivity index (χ3v) is 3.02. The van der Waals surface area contributed by atoms with Gasteiger partial charge in [-0.05, 0) is 38.1 Å². The van der Waals surface area contributed by atoms with E-state index in [0.29, 0.717) is 35.8 Å². The van der Waals surface area contributed by atoms with Gasteiger partial charge in [0.25, 0.3) is 0 Å². The van der Waals surface area contributed by atoms with Crippen molar-refractivity contribution in [3.8, 4) is 11.5 Å². The molecule has 0 radical (unpaired) electrons. The summed E-state index contributed by atoms with van der Waals surface area (Å²) in [5.41, 5.74) is 0.635. The molecule has 22 heavy (non-hydrogen) atoms. The summed E-state index contributed by atoms with van der Waals surface area (Å²) in [4.78, 5) is 24.6. The highest BCUT2D eigenvalue weighted by atomic mass is 16.5. The van der Waals surface area contributed by atoms with Gasteiger partial charge < -0.3 is 9.47 Å². The van der Waals surface area contributed by atoms with Crippen LogP contribution >= 0.6 is 0 Å². The lowest BCUT2D eigenvalue weighted by molar-refractivity contribution is 0.0816. The van der Waals surface area contributed by atoms with Gasteiger partial charge in [0.2, 0.25) is 11.6 Å².